The van der Waals surface area contributed by atoms with Crippen LogP contribution in [0.15, 0.2) is 52.3 Å². The first-order valence-corrected chi connectivity index (χ1v) is 13.8. The van der Waals surface area contributed by atoms with Crippen LogP contribution in [-0.2, 0) is 26.2 Å². The molecule has 2 aromatic carbocycles. The third-order valence-corrected chi connectivity index (χ3v) is 8.26. The first kappa shape index (κ1) is 23.6. The molecular weight excluding hydrogens is 434 g/mol. The van der Waals surface area contributed by atoms with E-state index in [-0.39, 0.29) is 15.7 Å². The third-order valence-electron chi connectivity index (χ3n) is 5.31. The number of nitrogens with one attached hydrogen (secondary N) is 1. The minimum atomic E-state index is -3.94. The smallest absolute Gasteiger partial charge is 0.264 e. The first-order chi connectivity index (χ1) is 14.4. The molecule has 1 aliphatic heterocycles. The van der Waals surface area contributed by atoms with Gasteiger partial charge in [0.2, 0.25) is 0 Å². The van der Waals surface area contributed by atoms with Crippen LogP contribution >= 0.6 is 0 Å². The minimum Gasteiger partial charge on any atom is -0.389 e. The number of β-amino-alcohol motifs (C(OH)–C–C–N with tert-alkyl or cyclic N) is 1. The van der Waals surface area contributed by atoms with Gasteiger partial charge in [-0.15, -0.1) is 0 Å². The van der Waals surface area contributed by atoms with Crippen molar-refractivity contribution in [3.05, 3.63) is 48.0 Å². The highest BCUT2D eigenvalue weighted by atomic mass is 32.2. The van der Waals surface area contributed by atoms with Gasteiger partial charge >= 0.3 is 0 Å². The summed E-state index contributed by atoms with van der Waals surface area (Å²) in [6.07, 6.45) is 1.68. The minimum absolute atomic E-state index is 0.00867. The second-order valence-corrected chi connectivity index (χ2v) is 12.5. The fourth-order valence-corrected chi connectivity index (χ4v) is 6.26. The molecule has 0 bridgehead atoms. The second-order valence-electron chi connectivity index (χ2n) is 8.48. The SMILES string of the molecule is CCc1ccc(N(CC(C)C)S(=O)(=O)c2ccc(N3CC(O)C3)c(S(C)(=N)=O)c2)cc1. The molecule has 1 fully saturated rings. The topological polar surface area (TPSA) is 102 Å². The van der Waals surface area contributed by atoms with Crippen LogP contribution in [0.25, 0.3) is 0 Å². The van der Waals surface area contributed by atoms with E-state index in [1.807, 2.05) is 49.9 Å². The van der Waals surface area contributed by atoms with E-state index >= 15 is 0 Å². The van der Waals surface area contributed by atoms with Crippen LogP contribution < -0.4 is 9.21 Å². The van der Waals surface area contributed by atoms with E-state index in [9.17, 15) is 17.7 Å². The molecule has 2 N–H and O–H groups in total. The van der Waals surface area contributed by atoms with Crippen molar-refractivity contribution in [3.63, 3.8) is 0 Å². The summed E-state index contributed by atoms with van der Waals surface area (Å²) in [6.45, 7) is 6.99. The van der Waals surface area contributed by atoms with E-state index < -0.39 is 25.9 Å². The Kier molecular flexibility index (Phi) is 6.69. The zero-order chi connectivity index (χ0) is 23.0. The Labute approximate surface area is 185 Å². The Balaban J connectivity index is 2.08. The van der Waals surface area contributed by atoms with Crippen molar-refractivity contribution in [3.8, 4) is 0 Å². The Morgan fingerprint density at radius 2 is 1.74 bits per heavy atom. The van der Waals surface area contributed by atoms with E-state index in [1.54, 1.807) is 6.07 Å². The van der Waals surface area contributed by atoms with Crippen molar-refractivity contribution < 1.29 is 17.7 Å². The lowest BCUT2D eigenvalue weighted by Crippen LogP contribution is -2.51. The van der Waals surface area contributed by atoms with Gasteiger partial charge in [0.15, 0.2) is 0 Å². The number of aryl methyl sites for hydroxylation is 1. The van der Waals surface area contributed by atoms with Crippen molar-refractivity contribution in [2.24, 2.45) is 5.92 Å². The maximum atomic E-state index is 13.6. The molecule has 170 valence electrons. The lowest BCUT2D eigenvalue weighted by Gasteiger charge is -2.39. The van der Waals surface area contributed by atoms with Gasteiger partial charge in [0.1, 0.15) is 0 Å². The van der Waals surface area contributed by atoms with Gasteiger partial charge in [0.25, 0.3) is 10.0 Å². The number of anilines is 2. The molecule has 1 atom stereocenters. The van der Waals surface area contributed by atoms with Crippen LogP contribution in [-0.4, -0.2) is 49.7 Å². The highest BCUT2D eigenvalue weighted by Crippen LogP contribution is 2.33. The number of hydrogen-bond acceptors (Lipinski definition) is 6. The van der Waals surface area contributed by atoms with Gasteiger partial charge in [-0.2, -0.15) is 0 Å². The molecule has 0 amide bonds. The maximum Gasteiger partial charge on any atom is 0.264 e. The Hall–Kier alpha value is -2.10. The summed E-state index contributed by atoms with van der Waals surface area (Å²) in [5.74, 6) is 0.0912. The number of hydrogen-bond donors (Lipinski definition) is 2. The molecule has 1 unspecified atom stereocenters. The third kappa shape index (κ3) is 5.05. The van der Waals surface area contributed by atoms with Crippen molar-refractivity contribution in [2.45, 2.75) is 43.1 Å². The van der Waals surface area contributed by atoms with Crippen molar-refractivity contribution in [2.75, 3.05) is 35.1 Å². The van der Waals surface area contributed by atoms with Gasteiger partial charge in [-0.25, -0.2) is 17.4 Å². The number of rotatable bonds is 8. The molecule has 0 saturated carbocycles. The summed E-state index contributed by atoms with van der Waals surface area (Å²) >= 11 is 0. The zero-order valence-corrected chi connectivity index (χ0v) is 20.0. The fourth-order valence-electron chi connectivity index (χ4n) is 3.58. The van der Waals surface area contributed by atoms with Gasteiger partial charge in [0, 0.05) is 25.9 Å². The standard InChI is InChI=1S/C22H31N3O4S2/c1-5-17-6-8-18(9-7-17)25(13-16(2)3)31(28,29)20-10-11-21(24-14-19(26)15-24)22(12-20)30(4,23)27/h6-12,16,19,23,26H,5,13-15H2,1-4H3. The number of sulfonamides is 1. The molecule has 7 nitrogen and oxygen atoms in total. The molecule has 31 heavy (non-hydrogen) atoms. The summed E-state index contributed by atoms with van der Waals surface area (Å²) in [5, 5.41) is 9.61. The normalized spacial score (nSPS) is 16.8. The van der Waals surface area contributed by atoms with Crippen LogP contribution in [0.4, 0.5) is 11.4 Å². The molecule has 0 aliphatic carbocycles. The van der Waals surface area contributed by atoms with Crippen molar-refractivity contribution in [1.29, 1.82) is 4.78 Å². The average molecular weight is 466 g/mol. The van der Waals surface area contributed by atoms with Gasteiger partial charge in [-0.05, 0) is 48.2 Å². The Morgan fingerprint density at radius 3 is 2.23 bits per heavy atom. The number of aliphatic hydroxyl groups is 1. The van der Waals surface area contributed by atoms with Crippen LogP contribution in [0.3, 0.4) is 0 Å². The highest BCUT2D eigenvalue weighted by molar-refractivity contribution is 7.93. The number of nitrogens with zero attached hydrogens (tertiary/aromatic N) is 2. The molecule has 1 saturated heterocycles. The zero-order valence-electron chi connectivity index (χ0n) is 18.4. The lowest BCUT2D eigenvalue weighted by molar-refractivity contribution is 0.141. The molecule has 0 aromatic heterocycles. The predicted molar refractivity (Wildman–Crippen MR) is 125 cm³/mol. The largest absolute Gasteiger partial charge is 0.389 e. The molecule has 9 heteroatoms. The lowest BCUT2D eigenvalue weighted by atomic mass is 10.1. The summed E-state index contributed by atoms with van der Waals surface area (Å²) < 4.78 is 49.4. The van der Waals surface area contributed by atoms with E-state index in [0.29, 0.717) is 31.0 Å². The monoisotopic (exact) mass is 465 g/mol. The Bertz CT molecular complexity index is 1140. The van der Waals surface area contributed by atoms with Crippen LogP contribution in [0, 0.1) is 10.7 Å². The molecule has 1 heterocycles. The molecule has 1 aliphatic rings. The summed E-state index contributed by atoms with van der Waals surface area (Å²) in [6, 6.07) is 11.9. The number of aliphatic hydroxyl groups excluding tert-OH is 1. The molecular formula is C22H31N3O4S2. The van der Waals surface area contributed by atoms with E-state index in [2.05, 4.69) is 0 Å². The first-order valence-electron chi connectivity index (χ1n) is 10.4. The second kappa shape index (κ2) is 8.80. The van der Waals surface area contributed by atoms with E-state index in [4.69, 9.17) is 4.78 Å². The molecule has 3 rings (SSSR count). The van der Waals surface area contributed by atoms with Gasteiger partial charge < -0.3 is 10.0 Å². The summed E-state index contributed by atoms with van der Waals surface area (Å²) in [4.78, 5) is 1.99. The summed E-state index contributed by atoms with van der Waals surface area (Å²) in [5.41, 5.74) is 2.23. The van der Waals surface area contributed by atoms with Gasteiger partial charge in [-0.1, -0.05) is 32.9 Å². The molecule has 2 aromatic rings. The Morgan fingerprint density at radius 1 is 1.13 bits per heavy atom. The van der Waals surface area contributed by atoms with Crippen LogP contribution in [0.1, 0.15) is 26.3 Å². The van der Waals surface area contributed by atoms with E-state index in [1.165, 1.54) is 22.7 Å². The fraction of sp³-hybridized carbons (Fsp3) is 0.455. The van der Waals surface area contributed by atoms with E-state index in [0.717, 1.165) is 12.0 Å². The maximum absolute atomic E-state index is 13.6. The summed E-state index contributed by atoms with van der Waals surface area (Å²) in [7, 11) is -7.12. The van der Waals surface area contributed by atoms with Gasteiger partial charge in [0.05, 0.1) is 37.0 Å². The van der Waals surface area contributed by atoms with Crippen molar-refractivity contribution >= 4 is 31.1 Å². The molecule has 0 spiro atoms. The molecule has 0 radical (unpaired) electrons. The van der Waals surface area contributed by atoms with Crippen molar-refractivity contribution in [1.82, 2.24) is 0 Å². The quantitative estimate of drug-likeness (QED) is 0.623. The van der Waals surface area contributed by atoms with Crippen LogP contribution in [0.2, 0.25) is 0 Å². The van der Waals surface area contributed by atoms with Crippen LogP contribution in [0.5, 0.6) is 0 Å². The highest BCUT2D eigenvalue weighted by Gasteiger charge is 2.31. The van der Waals surface area contributed by atoms with Gasteiger partial charge in [-0.3, -0.25) is 4.31 Å². The predicted octanol–water partition coefficient (Wildman–Crippen LogP) is 3.32. The average Bonchev–Trinajstić information content (AvgIpc) is 2.68. The number of benzene rings is 2.